The average Bonchev–Trinajstić information content (AvgIpc) is 2.77. The fourth-order valence-electron chi connectivity index (χ4n) is 3.13. The zero-order valence-electron chi connectivity index (χ0n) is 11.9. The Labute approximate surface area is 120 Å². The molecule has 2 rings (SSSR count). The van der Waals surface area contributed by atoms with Gasteiger partial charge in [0.15, 0.2) is 5.67 Å². The monoisotopic (exact) mass is 306 g/mol. The van der Waals surface area contributed by atoms with Gasteiger partial charge in [0.1, 0.15) is 0 Å². The van der Waals surface area contributed by atoms with Gasteiger partial charge in [0.05, 0.1) is 5.75 Å². The molecular weight excluding hydrogens is 283 g/mol. The molecule has 5 nitrogen and oxygen atoms in total. The number of halogens is 1. The molecule has 1 aliphatic carbocycles. The lowest BCUT2D eigenvalue weighted by Gasteiger charge is -2.29. The quantitative estimate of drug-likeness (QED) is 0.848. The van der Waals surface area contributed by atoms with Crippen LogP contribution in [0.1, 0.15) is 39.0 Å². The second kappa shape index (κ2) is 5.97. The summed E-state index contributed by atoms with van der Waals surface area (Å²) < 4.78 is 39.9. The van der Waals surface area contributed by atoms with Crippen molar-refractivity contribution in [2.75, 3.05) is 25.4 Å². The highest BCUT2D eigenvalue weighted by Crippen LogP contribution is 2.34. The van der Waals surface area contributed by atoms with Crippen LogP contribution in [0.25, 0.3) is 0 Å². The smallest absolute Gasteiger partial charge is 0.260 e. The first-order valence-corrected chi connectivity index (χ1v) is 8.91. The third kappa shape index (κ3) is 3.91. The number of amides is 1. The zero-order valence-corrected chi connectivity index (χ0v) is 12.7. The van der Waals surface area contributed by atoms with Crippen molar-refractivity contribution < 1.29 is 17.6 Å². The normalized spacial score (nSPS) is 27.0. The van der Waals surface area contributed by atoms with Crippen molar-refractivity contribution in [1.82, 2.24) is 9.62 Å². The van der Waals surface area contributed by atoms with E-state index in [-0.39, 0.29) is 37.7 Å². The maximum Gasteiger partial charge on any atom is 0.260 e. The minimum Gasteiger partial charge on any atom is -0.338 e. The van der Waals surface area contributed by atoms with Crippen LogP contribution in [0.2, 0.25) is 0 Å². The summed E-state index contributed by atoms with van der Waals surface area (Å²) in [6, 6.07) is 0. The Hall–Kier alpha value is -0.690. The van der Waals surface area contributed by atoms with Gasteiger partial charge >= 0.3 is 0 Å². The third-order valence-electron chi connectivity index (χ3n) is 4.21. The van der Waals surface area contributed by atoms with E-state index < -0.39 is 21.6 Å². The average molecular weight is 306 g/mol. The van der Waals surface area contributed by atoms with Crippen LogP contribution in [0.15, 0.2) is 0 Å². The topological polar surface area (TPSA) is 66.5 Å². The molecule has 0 spiro atoms. The fraction of sp³-hybridized carbons (Fsp3) is 0.923. The van der Waals surface area contributed by atoms with E-state index in [1.807, 2.05) is 0 Å². The molecule has 1 atom stereocenters. The SMILES string of the molecule is CC(F)(CC1CCCC1)C(=O)N1CCNS(=O)(=O)CC1. The zero-order chi connectivity index (χ0) is 14.8. The second-order valence-corrected chi connectivity index (χ2v) is 7.98. The minimum absolute atomic E-state index is 0.0678. The second-order valence-electron chi connectivity index (χ2n) is 6.06. The van der Waals surface area contributed by atoms with Crippen LogP contribution in [0, 0.1) is 5.92 Å². The molecule has 2 aliphatic rings. The molecule has 1 aliphatic heterocycles. The first-order chi connectivity index (χ1) is 9.30. The summed E-state index contributed by atoms with van der Waals surface area (Å²) in [7, 11) is -3.32. The Balaban J connectivity index is 1.97. The first kappa shape index (κ1) is 15.7. The van der Waals surface area contributed by atoms with E-state index in [2.05, 4.69) is 4.72 Å². The maximum atomic E-state index is 14.7. The summed E-state index contributed by atoms with van der Waals surface area (Å²) in [4.78, 5) is 13.6. The van der Waals surface area contributed by atoms with E-state index in [4.69, 9.17) is 0 Å². The van der Waals surface area contributed by atoms with E-state index in [0.29, 0.717) is 0 Å². The Morgan fingerprint density at radius 2 is 2.00 bits per heavy atom. The lowest BCUT2D eigenvalue weighted by Crippen LogP contribution is -2.47. The molecule has 1 amide bonds. The lowest BCUT2D eigenvalue weighted by atomic mass is 9.91. The van der Waals surface area contributed by atoms with Gasteiger partial charge in [0, 0.05) is 19.6 Å². The number of alkyl halides is 1. The van der Waals surface area contributed by atoms with Gasteiger partial charge in [-0.05, 0) is 19.3 Å². The number of hydrogen-bond donors (Lipinski definition) is 1. The molecule has 1 N–H and O–H groups in total. The summed E-state index contributed by atoms with van der Waals surface area (Å²) in [6.07, 6.45) is 4.45. The summed E-state index contributed by atoms with van der Waals surface area (Å²) in [5.74, 6) is -0.441. The Bertz CT molecular complexity index is 458. The van der Waals surface area contributed by atoms with Gasteiger partial charge in [-0.15, -0.1) is 0 Å². The maximum absolute atomic E-state index is 14.7. The Morgan fingerprint density at radius 3 is 2.65 bits per heavy atom. The van der Waals surface area contributed by atoms with Gasteiger partial charge in [-0.25, -0.2) is 17.5 Å². The fourth-order valence-corrected chi connectivity index (χ4v) is 4.13. The molecule has 1 saturated carbocycles. The van der Waals surface area contributed by atoms with Gasteiger partial charge in [-0.1, -0.05) is 25.7 Å². The lowest BCUT2D eigenvalue weighted by molar-refractivity contribution is -0.143. The molecule has 1 unspecified atom stereocenters. The van der Waals surface area contributed by atoms with Crippen LogP contribution >= 0.6 is 0 Å². The highest BCUT2D eigenvalue weighted by atomic mass is 32.2. The molecule has 0 bridgehead atoms. The molecule has 1 saturated heterocycles. The molecule has 20 heavy (non-hydrogen) atoms. The van der Waals surface area contributed by atoms with Crippen LogP contribution in [-0.2, 0) is 14.8 Å². The molecule has 0 aromatic heterocycles. The number of rotatable bonds is 3. The summed E-state index contributed by atoms with van der Waals surface area (Å²) in [5, 5.41) is 0. The van der Waals surface area contributed by atoms with E-state index >= 15 is 0 Å². The molecule has 2 fully saturated rings. The predicted octanol–water partition coefficient (Wildman–Crippen LogP) is 1.06. The Morgan fingerprint density at radius 1 is 1.35 bits per heavy atom. The molecular formula is C13H23FN2O3S. The van der Waals surface area contributed by atoms with Gasteiger partial charge in [-0.2, -0.15) is 0 Å². The van der Waals surface area contributed by atoms with Gasteiger partial charge in [0.2, 0.25) is 10.0 Å². The van der Waals surface area contributed by atoms with Crippen molar-refractivity contribution in [3.8, 4) is 0 Å². The number of hydrogen-bond acceptors (Lipinski definition) is 3. The number of sulfonamides is 1. The number of nitrogens with one attached hydrogen (secondary N) is 1. The standard InChI is InChI=1S/C13H23FN2O3S/c1-13(14,10-11-4-2-3-5-11)12(17)16-7-6-15-20(18,19)9-8-16/h11,15H,2-10H2,1H3. The van der Waals surface area contributed by atoms with Crippen LogP contribution in [0.4, 0.5) is 4.39 Å². The summed E-state index contributed by atoms with van der Waals surface area (Å²) >= 11 is 0. The van der Waals surface area contributed by atoms with Crippen molar-refractivity contribution in [2.45, 2.75) is 44.7 Å². The van der Waals surface area contributed by atoms with Gasteiger partial charge in [0.25, 0.3) is 5.91 Å². The highest BCUT2D eigenvalue weighted by Gasteiger charge is 2.40. The summed E-state index contributed by atoms with van der Waals surface area (Å²) in [5.41, 5.74) is -1.89. The van der Waals surface area contributed by atoms with E-state index in [9.17, 15) is 17.6 Å². The predicted molar refractivity (Wildman–Crippen MR) is 74.5 cm³/mol. The third-order valence-corrected chi connectivity index (χ3v) is 5.58. The van der Waals surface area contributed by atoms with E-state index in [0.717, 1.165) is 25.7 Å². The highest BCUT2D eigenvalue weighted by molar-refractivity contribution is 7.89. The van der Waals surface area contributed by atoms with Crippen LogP contribution in [-0.4, -0.2) is 50.3 Å². The molecule has 7 heteroatoms. The van der Waals surface area contributed by atoms with Crippen LogP contribution in [0.5, 0.6) is 0 Å². The van der Waals surface area contributed by atoms with E-state index in [1.54, 1.807) is 0 Å². The van der Waals surface area contributed by atoms with Crippen LogP contribution < -0.4 is 4.72 Å². The number of carbonyl (C=O) groups excluding carboxylic acids is 1. The van der Waals surface area contributed by atoms with Gasteiger partial charge in [-0.3, -0.25) is 4.79 Å². The molecule has 0 aromatic carbocycles. The van der Waals surface area contributed by atoms with Crippen molar-refractivity contribution >= 4 is 15.9 Å². The first-order valence-electron chi connectivity index (χ1n) is 7.26. The minimum atomic E-state index is -3.32. The molecule has 1 heterocycles. The largest absolute Gasteiger partial charge is 0.338 e. The van der Waals surface area contributed by atoms with Crippen molar-refractivity contribution in [3.63, 3.8) is 0 Å². The molecule has 0 aromatic rings. The number of nitrogens with zero attached hydrogens (tertiary/aromatic N) is 1. The molecule has 0 radical (unpaired) electrons. The van der Waals surface area contributed by atoms with Crippen LogP contribution in [0.3, 0.4) is 0 Å². The van der Waals surface area contributed by atoms with E-state index in [1.165, 1.54) is 11.8 Å². The van der Waals surface area contributed by atoms with Crippen molar-refractivity contribution in [3.05, 3.63) is 0 Å². The van der Waals surface area contributed by atoms with Crippen molar-refractivity contribution in [2.24, 2.45) is 5.92 Å². The summed E-state index contributed by atoms with van der Waals surface area (Å²) in [6.45, 7) is 1.80. The molecule has 116 valence electrons. The Kier molecular flexibility index (Phi) is 4.69. The van der Waals surface area contributed by atoms with Gasteiger partial charge < -0.3 is 4.90 Å². The number of carbonyl (C=O) groups is 1. The van der Waals surface area contributed by atoms with Crippen molar-refractivity contribution in [1.29, 1.82) is 0 Å².